The maximum absolute atomic E-state index is 11.8. The van der Waals surface area contributed by atoms with Crippen molar-refractivity contribution in [2.75, 3.05) is 6.61 Å². The van der Waals surface area contributed by atoms with Crippen LogP contribution in [0.1, 0.15) is 25.0 Å². The Morgan fingerprint density at radius 3 is 2.62 bits per heavy atom. The molecular weight excluding hydrogens is 302 g/mol. The summed E-state index contributed by atoms with van der Waals surface area (Å²) >= 11 is 0. The normalized spacial score (nSPS) is 11.5. The van der Waals surface area contributed by atoms with Crippen LogP contribution in [0.4, 0.5) is 0 Å². The summed E-state index contributed by atoms with van der Waals surface area (Å²) in [5, 5.41) is 11.9. The molecule has 0 spiro atoms. The molecule has 0 unspecified atom stereocenters. The fraction of sp³-hybridized carbons (Fsp3) is 0.250. The number of benzene rings is 2. The van der Waals surface area contributed by atoms with E-state index in [1.54, 1.807) is 19.9 Å². The van der Waals surface area contributed by atoms with Crippen LogP contribution in [0.2, 0.25) is 0 Å². The van der Waals surface area contributed by atoms with Crippen LogP contribution in [-0.2, 0) is 11.4 Å². The molecule has 2 aromatic rings. The molecule has 2 rings (SSSR count). The molecule has 2 N–H and O–H groups in total. The first-order valence-electron chi connectivity index (χ1n) is 7.86. The highest BCUT2D eigenvalue weighted by Gasteiger charge is 2.17. The Bertz CT molecular complexity index is 693. The van der Waals surface area contributed by atoms with Crippen molar-refractivity contribution in [1.82, 2.24) is 5.32 Å². The highest BCUT2D eigenvalue weighted by molar-refractivity contribution is 5.92. The van der Waals surface area contributed by atoms with E-state index in [2.05, 4.69) is 5.32 Å². The van der Waals surface area contributed by atoms with Gasteiger partial charge in [-0.15, -0.1) is 0 Å². The Morgan fingerprint density at radius 2 is 1.92 bits per heavy atom. The van der Waals surface area contributed by atoms with Crippen molar-refractivity contribution in [2.24, 2.45) is 0 Å². The maximum Gasteiger partial charge on any atom is 0.244 e. The minimum absolute atomic E-state index is 0.116. The number of rotatable bonds is 7. The van der Waals surface area contributed by atoms with Gasteiger partial charge in [-0.1, -0.05) is 42.5 Å². The predicted molar refractivity (Wildman–Crippen MR) is 95.6 cm³/mol. The zero-order valence-corrected chi connectivity index (χ0v) is 14.0. The molecular formula is C20H23NO3. The molecule has 4 heteroatoms. The van der Waals surface area contributed by atoms with Crippen molar-refractivity contribution < 1.29 is 14.6 Å². The number of amides is 1. The standard InChI is InChI=1S/C20H23NO3/c1-20(2,15-22)21-19(23)12-11-16-9-6-10-18(13-16)24-14-17-7-4-3-5-8-17/h3-13,22H,14-15H2,1-2H3,(H,21,23)/b12-11+. The van der Waals surface area contributed by atoms with E-state index in [9.17, 15) is 4.79 Å². The summed E-state index contributed by atoms with van der Waals surface area (Å²) in [6.07, 6.45) is 3.17. The van der Waals surface area contributed by atoms with Crippen LogP contribution < -0.4 is 10.1 Å². The molecule has 0 aliphatic carbocycles. The molecule has 0 radical (unpaired) electrons. The number of ether oxygens (including phenoxy) is 1. The average Bonchev–Trinajstić information content (AvgIpc) is 2.59. The Morgan fingerprint density at radius 1 is 1.17 bits per heavy atom. The van der Waals surface area contributed by atoms with Crippen molar-refractivity contribution in [3.63, 3.8) is 0 Å². The molecule has 0 heterocycles. The highest BCUT2D eigenvalue weighted by Crippen LogP contribution is 2.16. The van der Waals surface area contributed by atoms with Gasteiger partial charge in [-0.3, -0.25) is 4.79 Å². The van der Waals surface area contributed by atoms with E-state index in [-0.39, 0.29) is 12.5 Å². The minimum atomic E-state index is -0.637. The summed E-state index contributed by atoms with van der Waals surface area (Å²) in [7, 11) is 0. The maximum atomic E-state index is 11.8. The van der Waals surface area contributed by atoms with Crippen molar-refractivity contribution >= 4 is 12.0 Å². The van der Waals surface area contributed by atoms with Crippen LogP contribution in [0, 0.1) is 0 Å². The van der Waals surface area contributed by atoms with Crippen molar-refractivity contribution in [1.29, 1.82) is 0 Å². The first-order valence-corrected chi connectivity index (χ1v) is 7.86. The van der Waals surface area contributed by atoms with E-state index in [0.717, 1.165) is 16.9 Å². The van der Waals surface area contributed by atoms with Gasteiger partial charge < -0.3 is 15.2 Å². The largest absolute Gasteiger partial charge is 0.489 e. The van der Waals surface area contributed by atoms with E-state index in [4.69, 9.17) is 9.84 Å². The lowest BCUT2D eigenvalue weighted by Crippen LogP contribution is -2.45. The number of hydrogen-bond donors (Lipinski definition) is 2. The number of carbonyl (C=O) groups excluding carboxylic acids is 1. The number of hydrogen-bond acceptors (Lipinski definition) is 3. The van der Waals surface area contributed by atoms with Crippen LogP contribution in [0.5, 0.6) is 5.75 Å². The molecule has 0 fully saturated rings. The first-order chi connectivity index (χ1) is 11.5. The third-order valence-electron chi connectivity index (χ3n) is 3.39. The van der Waals surface area contributed by atoms with Gasteiger partial charge >= 0.3 is 0 Å². The lowest BCUT2D eigenvalue weighted by molar-refractivity contribution is -0.118. The summed E-state index contributed by atoms with van der Waals surface area (Å²) in [6.45, 7) is 3.90. The second kappa shape index (κ2) is 8.31. The second-order valence-electron chi connectivity index (χ2n) is 6.21. The molecule has 24 heavy (non-hydrogen) atoms. The Hall–Kier alpha value is -2.59. The van der Waals surface area contributed by atoms with Crippen molar-refractivity contribution in [2.45, 2.75) is 26.0 Å². The summed E-state index contributed by atoms with van der Waals surface area (Å²) in [5.74, 6) is 0.502. The molecule has 0 saturated heterocycles. The van der Waals surface area contributed by atoms with E-state index in [1.165, 1.54) is 6.08 Å². The van der Waals surface area contributed by atoms with Crippen LogP contribution in [0.3, 0.4) is 0 Å². The van der Waals surface area contributed by atoms with Gasteiger partial charge in [0, 0.05) is 6.08 Å². The van der Waals surface area contributed by atoms with E-state index < -0.39 is 5.54 Å². The van der Waals surface area contributed by atoms with Gasteiger partial charge in [0.25, 0.3) is 0 Å². The first kappa shape index (κ1) is 17.8. The molecule has 0 atom stereocenters. The number of aliphatic hydroxyl groups excluding tert-OH is 1. The average molecular weight is 325 g/mol. The van der Waals surface area contributed by atoms with E-state index in [0.29, 0.717) is 6.61 Å². The highest BCUT2D eigenvalue weighted by atomic mass is 16.5. The lowest BCUT2D eigenvalue weighted by atomic mass is 10.1. The molecule has 0 saturated carbocycles. The molecule has 126 valence electrons. The number of aliphatic hydroxyl groups is 1. The van der Waals surface area contributed by atoms with Gasteiger partial charge in [-0.2, -0.15) is 0 Å². The predicted octanol–water partition coefficient (Wildman–Crippen LogP) is 3.17. The lowest BCUT2D eigenvalue weighted by Gasteiger charge is -2.22. The SMILES string of the molecule is CC(C)(CO)NC(=O)/C=C/c1cccc(OCc2ccccc2)c1. The van der Waals surface area contributed by atoms with Crippen LogP contribution >= 0.6 is 0 Å². The smallest absolute Gasteiger partial charge is 0.244 e. The zero-order chi connectivity index (χ0) is 17.4. The Balaban J connectivity index is 1.95. The second-order valence-corrected chi connectivity index (χ2v) is 6.21. The Kier molecular flexibility index (Phi) is 6.15. The number of nitrogens with one attached hydrogen (secondary N) is 1. The topological polar surface area (TPSA) is 58.6 Å². The summed E-state index contributed by atoms with van der Waals surface area (Å²) in [5.41, 5.74) is 1.34. The van der Waals surface area contributed by atoms with Crippen molar-refractivity contribution in [3.05, 3.63) is 71.8 Å². The molecule has 0 aliphatic heterocycles. The monoisotopic (exact) mass is 325 g/mol. The summed E-state index contributed by atoms with van der Waals surface area (Å²) in [6, 6.07) is 17.5. The molecule has 0 bridgehead atoms. The van der Waals surface area contributed by atoms with Gasteiger partial charge in [-0.05, 0) is 43.2 Å². The molecule has 1 amide bonds. The minimum Gasteiger partial charge on any atom is -0.489 e. The van der Waals surface area contributed by atoms with Gasteiger partial charge in [0.2, 0.25) is 5.91 Å². The zero-order valence-electron chi connectivity index (χ0n) is 14.0. The van der Waals surface area contributed by atoms with Gasteiger partial charge in [-0.25, -0.2) is 0 Å². The molecule has 0 aromatic heterocycles. The van der Waals surface area contributed by atoms with Crippen LogP contribution in [0.15, 0.2) is 60.7 Å². The van der Waals surface area contributed by atoms with E-state index in [1.807, 2.05) is 54.6 Å². The van der Waals surface area contributed by atoms with Crippen LogP contribution in [-0.4, -0.2) is 23.2 Å². The van der Waals surface area contributed by atoms with Crippen LogP contribution in [0.25, 0.3) is 6.08 Å². The van der Waals surface area contributed by atoms with Gasteiger partial charge in [0.05, 0.1) is 12.1 Å². The quantitative estimate of drug-likeness (QED) is 0.769. The fourth-order valence-corrected chi connectivity index (χ4v) is 2.04. The Labute approximate surface area is 142 Å². The summed E-state index contributed by atoms with van der Waals surface area (Å²) in [4.78, 5) is 11.8. The van der Waals surface area contributed by atoms with Gasteiger partial charge in [0.1, 0.15) is 12.4 Å². The molecule has 0 aliphatic rings. The van der Waals surface area contributed by atoms with Crippen molar-refractivity contribution in [3.8, 4) is 5.75 Å². The van der Waals surface area contributed by atoms with E-state index >= 15 is 0 Å². The molecule has 2 aromatic carbocycles. The third-order valence-corrected chi connectivity index (χ3v) is 3.39. The summed E-state index contributed by atoms with van der Waals surface area (Å²) < 4.78 is 5.77. The fourth-order valence-electron chi connectivity index (χ4n) is 2.04. The van der Waals surface area contributed by atoms with Gasteiger partial charge in [0.15, 0.2) is 0 Å². The number of carbonyl (C=O) groups is 1. The molecule has 4 nitrogen and oxygen atoms in total. The third kappa shape index (κ3) is 5.89.